The van der Waals surface area contributed by atoms with Gasteiger partial charge in [-0.2, -0.15) is 16.9 Å². The second kappa shape index (κ2) is 5.01. The maximum Gasteiger partial charge on any atom is 0.151 e. The molecule has 0 saturated carbocycles. The van der Waals surface area contributed by atoms with Gasteiger partial charge in [0.2, 0.25) is 0 Å². The lowest BCUT2D eigenvalue weighted by molar-refractivity contribution is 0.708. The van der Waals surface area contributed by atoms with Gasteiger partial charge >= 0.3 is 0 Å². The third kappa shape index (κ3) is 2.65. The minimum absolute atomic E-state index is 0.454. The van der Waals surface area contributed by atoms with Crippen LogP contribution < -0.4 is 10.6 Å². The molecule has 0 bridgehead atoms. The average molecular weight is 238 g/mol. The summed E-state index contributed by atoms with van der Waals surface area (Å²) in [5.74, 6) is 0.969. The van der Waals surface area contributed by atoms with E-state index in [4.69, 9.17) is 5.73 Å². The van der Waals surface area contributed by atoms with Gasteiger partial charge in [0, 0.05) is 30.1 Å². The first-order valence-corrected chi connectivity index (χ1v) is 6.56. The lowest BCUT2D eigenvalue weighted by atomic mass is 10.3. The number of aromatic nitrogens is 2. The van der Waals surface area contributed by atoms with Gasteiger partial charge < -0.3 is 10.6 Å². The summed E-state index contributed by atoms with van der Waals surface area (Å²) in [4.78, 5) is 2.30. The summed E-state index contributed by atoms with van der Waals surface area (Å²) in [5, 5.41) is 9.63. The highest BCUT2D eigenvalue weighted by molar-refractivity contribution is 8.00. The molecule has 1 aromatic rings. The van der Waals surface area contributed by atoms with Crippen LogP contribution in [0.5, 0.6) is 0 Å². The molecule has 2 heterocycles. The van der Waals surface area contributed by atoms with Crippen molar-refractivity contribution in [1.29, 1.82) is 0 Å². The Kier molecular flexibility index (Phi) is 3.66. The van der Waals surface area contributed by atoms with Crippen LogP contribution in [-0.4, -0.2) is 33.8 Å². The van der Waals surface area contributed by atoms with Crippen LogP contribution in [0.25, 0.3) is 0 Å². The van der Waals surface area contributed by atoms with E-state index in [9.17, 15) is 0 Å². The Balaban J connectivity index is 2.10. The third-order valence-corrected chi connectivity index (χ3v) is 3.89. The molecule has 0 radical (unpaired) electrons. The fourth-order valence-corrected chi connectivity index (χ4v) is 3.32. The van der Waals surface area contributed by atoms with Crippen molar-refractivity contribution in [2.75, 3.05) is 18.0 Å². The summed E-state index contributed by atoms with van der Waals surface area (Å²) in [5.41, 5.74) is 6.35. The molecular weight excluding hydrogens is 220 g/mol. The first kappa shape index (κ1) is 11.7. The van der Waals surface area contributed by atoms with E-state index in [1.807, 2.05) is 23.9 Å². The molecule has 2 rings (SSSR count). The fraction of sp³-hybridized carbons (Fsp3) is 0.636. The van der Waals surface area contributed by atoms with E-state index in [-0.39, 0.29) is 0 Å². The number of nitrogens with zero attached hydrogens (tertiary/aromatic N) is 3. The average Bonchev–Trinajstić information content (AvgIpc) is 2.28. The van der Waals surface area contributed by atoms with Gasteiger partial charge in [0.15, 0.2) is 5.82 Å². The Labute approximate surface area is 101 Å². The zero-order chi connectivity index (χ0) is 11.5. The van der Waals surface area contributed by atoms with Crippen molar-refractivity contribution in [3.63, 3.8) is 0 Å². The van der Waals surface area contributed by atoms with Gasteiger partial charge in [-0.15, -0.1) is 5.10 Å². The van der Waals surface area contributed by atoms with Crippen molar-refractivity contribution in [3.05, 3.63) is 17.8 Å². The third-order valence-electron chi connectivity index (χ3n) is 2.66. The molecule has 1 aliphatic heterocycles. The van der Waals surface area contributed by atoms with Crippen molar-refractivity contribution >= 4 is 17.6 Å². The number of nitrogens with two attached hydrogens (primary N) is 1. The Hall–Kier alpha value is -0.810. The summed E-state index contributed by atoms with van der Waals surface area (Å²) in [6.45, 7) is 7.07. The van der Waals surface area contributed by atoms with Crippen LogP contribution in [0.1, 0.15) is 19.5 Å². The lowest BCUT2D eigenvalue weighted by Gasteiger charge is -2.35. The molecule has 0 aliphatic carbocycles. The van der Waals surface area contributed by atoms with Gasteiger partial charge in [-0.25, -0.2) is 0 Å². The number of thioether (sulfide) groups is 1. The van der Waals surface area contributed by atoms with E-state index < -0.39 is 0 Å². The van der Waals surface area contributed by atoms with Crippen LogP contribution in [0.15, 0.2) is 12.1 Å². The maximum atomic E-state index is 5.50. The Morgan fingerprint density at radius 1 is 1.31 bits per heavy atom. The van der Waals surface area contributed by atoms with Crippen molar-refractivity contribution < 1.29 is 0 Å². The highest BCUT2D eigenvalue weighted by Crippen LogP contribution is 2.27. The molecule has 0 spiro atoms. The van der Waals surface area contributed by atoms with Gasteiger partial charge in [0.25, 0.3) is 0 Å². The van der Waals surface area contributed by atoms with E-state index in [0.29, 0.717) is 17.0 Å². The fourth-order valence-electron chi connectivity index (χ4n) is 2.00. The second-order valence-electron chi connectivity index (χ2n) is 4.25. The first-order chi connectivity index (χ1) is 7.69. The number of anilines is 1. The van der Waals surface area contributed by atoms with Crippen molar-refractivity contribution in [1.82, 2.24) is 10.2 Å². The molecule has 2 N–H and O–H groups in total. The molecule has 0 amide bonds. The molecule has 2 unspecified atom stereocenters. The van der Waals surface area contributed by atoms with E-state index in [2.05, 4.69) is 28.9 Å². The first-order valence-electron chi connectivity index (χ1n) is 5.62. The zero-order valence-corrected chi connectivity index (χ0v) is 10.6. The van der Waals surface area contributed by atoms with Gasteiger partial charge in [-0.05, 0) is 12.1 Å². The Morgan fingerprint density at radius 2 is 2.00 bits per heavy atom. The molecule has 5 heteroatoms. The molecule has 4 nitrogen and oxygen atoms in total. The smallest absolute Gasteiger partial charge is 0.151 e. The number of hydrogen-bond acceptors (Lipinski definition) is 5. The van der Waals surface area contributed by atoms with Crippen molar-refractivity contribution in [3.8, 4) is 0 Å². The van der Waals surface area contributed by atoms with Gasteiger partial charge in [-0.1, -0.05) is 13.8 Å². The van der Waals surface area contributed by atoms with E-state index in [1.165, 1.54) is 0 Å². The Morgan fingerprint density at radius 3 is 2.50 bits per heavy atom. The van der Waals surface area contributed by atoms with Crippen LogP contribution in [0.4, 0.5) is 5.82 Å². The number of hydrogen-bond donors (Lipinski definition) is 1. The molecule has 0 aromatic carbocycles. The van der Waals surface area contributed by atoms with Crippen LogP contribution in [0, 0.1) is 0 Å². The van der Waals surface area contributed by atoms with Crippen LogP contribution in [-0.2, 0) is 6.54 Å². The van der Waals surface area contributed by atoms with Crippen molar-refractivity contribution in [2.45, 2.75) is 30.9 Å². The highest BCUT2D eigenvalue weighted by atomic mass is 32.2. The van der Waals surface area contributed by atoms with Gasteiger partial charge in [-0.3, -0.25) is 0 Å². The molecular formula is C11H18N4S. The second-order valence-corrected chi connectivity index (χ2v) is 6.13. The normalized spacial score (nSPS) is 25.8. The molecule has 88 valence electrons. The topological polar surface area (TPSA) is 55.0 Å². The summed E-state index contributed by atoms with van der Waals surface area (Å²) in [6, 6.07) is 3.98. The minimum Gasteiger partial charge on any atom is -0.353 e. The maximum absolute atomic E-state index is 5.50. The van der Waals surface area contributed by atoms with Crippen LogP contribution in [0.3, 0.4) is 0 Å². The summed E-state index contributed by atoms with van der Waals surface area (Å²) in [7, 11) is 0. The van der Waals surface area contributed by atoms with E-state index in [1.54, 1.807) is 0 Å². The van der Waals surface area contributed by atoms with Crippen LogP contribution in [0.2, 0.25) is 0 Å². The molecule has 1 fully saturated rings. The van der Waals surface area contributed by atoms with Crippen molar-refractivity contribution in [2.24, 2.45) is 5.73 Å². The SMILES string of the molecule is CC1CN(c2ccc(CN)nn2)CC(C)S1. The zero-order valence-electron chi connectivity index (χ0n) is 9.76. The standard InChI is InChI=1S/C11H18N4S/c1-8-6-15(7-9(2)16-8)11-4-3-10(5-12)13-14-11/h3-4,8-9H,5-7,12H2,1-2H3. The molecule has 16 heavy (non-hydrogen) atoms. The number of rotatable bonds is 2. The predicted octanol–water partition coefficient (Wildman–Crippen LogP) is 1.27. The summed E-state index contributed by atoms with van der Waals surface area (Å²) >= 11 is 2.04. The van der Waals surface area contributed by atoms with Gasteiger partial charge in [0.1, 0.15) is 0 Å². The molecule has 1 aromatic heterocycles. The van der Waals surface area contributed by atoms with E-state index >= 15 is 0 Å². The summed E-state index contributed by atoms with van der Waals surface area (Å²) in [6.07, 6.45) is 0. The molecule has 1 saturated heterocycles. The quantitative estimate of drug-likeness (QED) is 0.841. The minimum atomic E-state index is 0.454. The molecule has 2 atom stereocenters. The summed E-state index contributed by atoms with van der Waals surface area (Å²) < 4.78 is 0. The van der Waals surface area contributed by atoms with E-state index in [0.717, 1.165) is 24.6 Å². The van der Waals surface area contributed by atoms with Gasteiger partial charge in [0.05, 0.1) is 5.69 Å². The predicted molar refractivity (Wildman–Crippen MR) is 68.7 cm³/mol. The largest absolute Gasteiger partial charge is 0.353 e. The highest BCUT2D eigenvalue weighted by Gasteiger charge is 2.23. The van der Waals surface area contributed by atoms with Crippen LogP contribution >= 0.6 is 11.8 Å². The monoisotopic (exact) mass is 238 g/mol. The Bertz CT molecular complexity index is 330. The molecule has 1 aliphatic rings. The lowest BCUT2D eigenvalue weighted by Crippen LogP contribution is -2.41.